The molecule has 1 aromatic heterocycles. The van der Waals surface area contributed by atoms with Crippen LogP contribution in [0, 0.1) is 0 Å². The molecule has 1 aromatic rings. The number of alkyl halides is 3. The van der Waals surface area contributed by atoms with Crippen molar-refractivity contribution in [2.24, 2.45) is 0 Å². The Hall–Kier alpha value is -1.30. The van der Waals surface area contributed by atoms with Crippen LogP contribution in [0.1, 0.15) is 32.0 Å². The molecule has 0 amide bonds. The minimum atomic E-state index is -4.20. The minimum absolute atomic E-state index is 0.0799. The summed E-state index contributed by atoms with van der Waals surface area (Å²) >= 11 is 0. The van der Waals surface area contributed by atoms with E-state index in [2.05, 4.69) is 10.3 Å². The van der Waals surface area contributed by atoms with Gasteiger partial charge in [0.15, 0.2) is 0 Å². The Morgan fingerprint density at radius 3 is 2.47 bits per heavy atom. The lowest BCUT2D eigenvalue weighted by molar-refractivity contribution is -0.119. The summed E-state index contributed by atoms with van der Waals surface area (Å²) in [6.07, 6.45) is -2.04. The van der Waals surface area contributed by atoms with Gasteiger partial charge in [0.1, 0.15) is 6.54 Å². The molecule has 0 saturated heterocycles. The highest BCUT2D eigenvalue weighted by Crippen LogP contribution is 2.22. The number of aromatic nitrogens is 1. The van der Waals surface area contributed by atoms with Gasteiger partial charge in [-0.15, -0.1) is 0 Å². The maximum atomic E-state index is 12.5. The van der Waals surface area contributed by atoms with Gasteiger partial charge < -0.3 is 10.2 Å². The molecule has 0 spiro atoms. The van der Waals surface area contributed by atoms with Crippen molar-refractivity contribution in [1.29, 1.82) is 0 Å². The Kier molecular flexibility index (Phi) is 5.60. The van der Waals surface area contributed by atoms with E-state index < -0.39 is 12.7 Å². The normalized spacial score (nSPS) is 13.4. The standard InChI is InChI=1S/C13H20F3N3/c1-4-7-19(9-13(14,15)16)11-5-6-12(18-8-11)10(2)17-3/h5-6,8,10,17H,4,7,9H2,1-3H3. The first-order valence-corrected chi connectivity index (χ1v) is 6.32. The predicted octanol–water partition coefficient (Wildman–Crippen LogP) is 3.14. The van der Waals surface area contributed by atoms with E-state index >= 15 is 0 Å². The van der Waals surface area contributed by atoms with Crippen LogP contribution in [0.15, 0.2) is 18.3 Å². The van der Waals surface area contributed by atoms with Crippen molar-refractivity contribution >= 4 is 5.69 Å². The second-order valence-electron chi connectivity index (χ2n) is 4.49. The molecular formula is C13H20F3N3. The molecule has 108 valence electrons. The third-order valence-corrected chi connectivity index (χ3v) is 2.88. The summed E-state index contributed by atoms with van der Waals surface area (Å²) in [6.45, 7) is 3.22. The molecule has 3 nitrogen and oxygen atoms in total. The molecule has 0 aliphatic rings. The average Bonchev–Trinajstić information content (AvgIpc) is 2.36. The SMILES string of the molecule is CCCN(CC(F)(F)F)c1ccc(C(C)NC)nc1. The number of nitrogens with one attached hydrogen (secondary N) is 1. The molecule has 19 heavy (non-hydrogen) atoms. The molecule has 0 aliphatic carbocycles. The van der Waals surface area contributed by atoms with Gasteiger partial charge in [-0.2, -0.15) is 13.2 Å². The summed E-state index contributed by atoms with van der Waals surface area (Å²) in [5.41, 5.74) is 1.32. The number of nitrogens with zero attached hydrogens (tertiary/aromatic N) is 2. The number of hydrogen-bond donors (Lipinski definition) is 1. The molecule has 0 bridgehead atoms. The van der Waals surface area contributed by atoms with E-state index in [1.165, 1.54) is 11.1 Å². The van der Waals surface area contributed by atoms with Gasteiger partial charge in [-0.1, -0.05) is 6.92 Å². The van der Waals surface area contributed by atoms with Crippen LogP contribution in [0.3, 0.4) is 0 Å². The second kappa shape index (κ2) is 6.75. The highest BCUT2D eigenvalue weighted by atomic mass is 19.4. The van der Waals surface area contributed by atoms with Gasteiger partial charge in [-0.25, -0.2) is 0 Å². The predicted molar refractivity (Wildman–Crippen MR) is 70.3 cm³/mol. The smallest absolute Gasteiger partial charge is 0.361 e. The molecule has 0 fully saturated rings. The van der Waals surface area contributed by atoms with Crippen molar-refractivity contribution in [1.82, 2.24) is 10.3 Å². The minimum Gasteiger partial charge on any atom is -0.361 e. The molecule has 0 aromatic carbocycles. The van der Waals surface area contributed by atoms with Crippen molar-refractivity contribution in [3.63, 3.8) is 0 Å². The largest absolute Gasteiger partial charge is 0.405 e. The number of halogens is 3. The van der Waals surface area contributed by atoms with Crippen LogP contribution in [0.4, 0.5) is 18.9 Å². The molecule has 1 N–H and O–H groups in total. The lowest BCUT2D eigenvalue weighted by Crippen LogP contribution is -2.35. The Balaban J connectivity index is 2.85. The molecule has 0 radical (unpaired) electrons. The fourth-order valence-electron chi connectivity index (χ4n) is 1.77. The van der Waals surface area contributed by atoms with Crippen molar-refractivity contribution in [3.8, 4) is 0 Å². The summed E-state index contributed by atoms with van der Waals surface area (Å²) in [7, 11) is 1.81. The van der Waals surface area contributed by atoms with Gasteiger partial charge in [0, 0.05) is 12.6 Å². The molecular weight excluding hydrogens is 255 g/mol. The monoisotopic (exact) mass is 275 g/mol. The zero-order valence-corrected chi connectivity index (χ0v) is 11.5. The summed E-state index contributed by atoms with van der Waals surface area (Å²) in [4.78, 5) is 5.52. The lowest BCUT2D eigenvalue weighted by atomic mass is 10.2. The number of hydrogen-bond acceptors (Lipinski definition) is 3. The van der Waals surface area contributed by atoms with Crippen LogP contribution < -0.4 is 10.2 Å². The molecule has 1 unspecified atom stereocenters. The van der Waals surface area contributed by atoms with Crippen LogP contribution in [-0.2, 0) is 0 Å². The first-order chi connectivity index (χ1) is 8.87. The van der Waals surface area contributed by atoms with Gasteiger partial charge in [-0.05, 0) is 32.5 Å². The fourth-order valence-corrected chi connectivity index (χ4v) is 1.77. The topological polar surface area (TPSA) is 28.2 Å². The van der Waals surface area contributed by atoms with E-state index in [4.69, 9.17) is 0 Å². The summed E-state index contributed by atoms with van der Waals surface area (Å²) in [5.74, 6) is 0. The first kappa shape index (κ1) is 15.8. The van der Waals surface area contributed by atoms with E-state index in [9.17, 15) is 13.2 Å². The zero-order chi connectivity index (χ0) is 14.5. The maximum Gasteiger partial charge on any atom is 0.405 e. The molecule has 1 rings (SSSR count). The number of rotatable bonds is 6. The third-order valence-electron chi connectivity index (χ3n) is 2.88. The van der Waals surface area contributed by atoms with Crippen molar-refractivity contribution in [3.05, 3.63) is 24.0 Å². The van der Waals surface area contributed by atoms with Crippen LogP contribution in [0.25, 0.3) is 0 Å². The Morgan fingerprint density at radius 1 is 1.37 bits per heavy atom. The molecule has 0 aliphatic heterocycles. The highest BCUT2D eigenvalue weighted by Gasteiger charge is 2.30. The number of pyridine rings is 1. The van der Waals surface area contributed by atoms with Crippen LogP contribution in [0.2, 0.25) is 0 Å². The molecule has 0 saturated carbocycles. The summed E-state index contributed by atoms with van der Waals surface area (Å²) < 4.78 is 37.5. The van der Waals surface area contributed by atoms with E-state index in [0.29, 0.717) is 18.7 Å². The van der Waals surface area contributed by atoms with Crippen LogP contribution in [0.5, 0.6) is 0 Å². The third kappa shape index (κ3) is 5.06. The van der Waals surface area contributed by atoms with Gasteiger partial charge in [0.05, 0.1) is 17.6 Å². The van der Waals surface area contributed by atoms with Crippen LogP contribution >= 0.6 is 0 Å². The van der Waals surface area contributed by atoms with E-state index in [0.717, 1.165) is 5.69 Å². The Bertz CT molecular complexity index is 376. The fraction of sp³-hybridized carbons (Fsp3) is 0.615. The summed E-state index contributed by atoms with van der Waals surface area (Å²) in [5, 5.41) is 3.04. The maximum absolute atomic E-state index is 12.5. The highest BCUT2D eigenvalue weighted by molar-refractivity contribution is 5.45. The quantitative estimate of drug-likeness (QED) is 0.864. The Labute approximate surface area is 111 Å². The number of anilines is 1. The average molecular weight is 275 g/mol. The van der Waals surface area contributed by atoms with E-state index in [-0.39, 0.29) is 6.04 Å². The van der Waals surface area contributed by atoms with Gasteiger partial charge in [-0.3, -0.25) is 4.98 Å². The van der Waals surface area contributed by atoms with Crippen molar-refractivity contribution in [2.75, 3.05) is 25.0 Å². The van der Waals surface area contributed by atoms with Gasteiger partial charge in [0.2, 0.25) is 0 Å². The molecule has 1 atom stereocenters. The van der Waals surface area contributed by atoms with E-state index in [1.54, 1.807) is 12.1 Å². The first-order valence-electron chi connectivity index (χ1n) is 6.32. The Morgan fingerprint density at radius 2 is 2.05 bits per heavy atom. The van der Waals surface area contributed by atoms with Gasteiger partial charge >= 0.3 is 6.18 Å². The van der Waals surface area contributed by atoms with Crippen molar-refractivity contribution in [2.45, 2.75) is 32.5 Å². The van der Waals surface area contributed by atoms with Crippen LogP contribution in [-0.4, -0.2) is 31.3 Å². The lowest BCUT2D eigenvalue weighted by Gasteiger charge is -2.25. The summed E-state index contributed by atoms with van der Waals surface area (Å²) in [6, 6.07) is 3.53. The molecule has 6 heteroatoms. The van der Waals surface area contributed by atoms with E-state index in [1.807, 2.05) is 20.9 Å². The molecule has 1 heterocycles. The second-order valence-corrected chi connectivity index (χ2v) is 4.49. The zero-order valence-electron chi connectivity index (χ0n) is 11.5. The van der Waals surface area contributed by atoms with Gasteiger partial charge in [0.25, 0.3) is 0 Å². The van der Waals surface area contributed by atoms with Crippen molar-refractivity contribution < 1.29 is 13.2 Å².